The second-order valence-electron chi connectivity index (χ2n) is 4.83. The van der Waals surface area contributed by atoms with Crippen molar-refractivity contribution in [3.8, 4) is 11.5 Å². The highest BCUT2D eigenvalue weighted by molar-refractivity contribution is 9.09. The number of hydrogen-bond donors (Lipinski definition) is 2. The molecule has 2 N–H and O–H groups in total. The molecule has 1 amide bonds. The van der Waals surface area contributed by atoms with Crippen LogP contribution in [0.1, 0.15) is 36.0 Å². The minimum Gasteiger partial charge on any atom is -0.504 e. The van der Waals surface area contributed by atoms with Crippen LogP contribution >= 0.6 is 15.9 Å². The number of hydrogen-bond acceptors (Lipinski definition) is 3. The number of carbonyl (C=O) groups excluding carboxylic acids is 1. The van der Waals surface area contributed by atoms with Crippen LogP contribution in [0.3, 0.4) is 0 Å². The lowest BCUT2D eigenvalue weighted by molar-refractivity contribution is 0.0609. The molecule has 0 aliphatic carbocycles. The van der Waals surface area contributed by atoms with E-state index >= 15 is 0 Å². The average Bonchev–Trinajstić information content (AvgIpc) is 2.42. The molecule has 1 aliphatic heterocycles. The van der Waals surface area contributed by atoms with E-state index in [9.17, 15) is 15.0 Å². The summed E-state index contributed by atoms with van der Waals surface area (Å²) in [5.74, 6) is -0.520. The second-order valence-corrected chi connectivity index (χ2v) is 5.62. The molecule has 1 saturated heterocycles. The molecular formula is C14H18BrNO3. The summed E-state index contributed by atoms with van der Waals surface area (Å²) in [7, 11) is 0. The van der Waals surface area contributed by atoms with Crippen molar-refractivity contribution in [1.82, 2.24) is 4.90 Å². The van der Waals surface area contributed by atoms with Gasteiger partial charge in [0.05, 0.1) is 0 Å². The van der Waals surface area contributed by atoms with Crippen LogP contribution in [0.2, 0.25) is 0 Å². The van der Waals surface area contributed by atoms with Crippen LogP contribution in [0.5, 0.6) is 11.5 Å². The molecule has 1 aromatic carbocycles. The summed E-state index contributed by atoms with van der Waals surface area (Å²) in [6, 6.07) is 4.50. The number of amides is 1. The summed E-state index contributed by atoms with van der Waals surface area (Å²) in [6.45, 7) is 0.762. The van der Waals surface area contributed by atoms with Gasteiger partial charge in [-0.2, -0.15) is 0 Å². The lowest BCUT2D eigenvalue weighted by atomic mass is 9.99. The maximum atomic E-state index is 12.5. The van der Waals surface area contributed by atoms with E-state index in [2.05, 4.69) is 15.9 Å². The predicted molar refractivity (Wildman–Crippen MR) is 76.9 cm³/mol. The Bertz CT molecular complexity index is 462. The number of phenolic OH excluding ortho intramolecular Hbond substituents is 2. The lowest BCUT2D eigenvalue weighted by Gasteiger charge is -2.35. The number of piperidine rings is 1. The number of alkyl halides is 1. The van der Waals surface area contributed by atoms with Crippen LogP contribution < -0.4 is 0 Å². The molecule has 1 aromatic rings. The number of nitrogens with zero attached hydrogens (tertiary/aromatic N) is 1. The molecule has 1 unspecified atom stereocenters. The highest BCUT2D eigenvalue weighted by Gasteiger charge is 2.27. The maximum Gasteiger partial charge on any atom is 0.254 e. The first kappa shape index (κ1) is 14.2. The number of phenols is 2. The van der Waals surface area contributed by atoms with Crippen molar-refractivity contribution in [3.05, 3.63) is 23.8 Å². The fourth-order valence-electron chi connectivity index (χ4n) is 2.52. The topological polar surface area (TPSA) is 60.8 Å². The van der Waals surface area contributed by atoms with Crippen LogP contribution in [-0.4, -0.2) is 38.9 Å². The molecule has 0 radical (unpaired) electrons. The standard InChI is InChI=1S/C14H18BrNO3/c15-7-6-11-3-1-2-8-16(11)14(19)10-4-5-12(17)13(18)9-10/h4-5,9,11,17-18H,1-3,6-8H2. The average molecular weight is 328 g/mol. The van der Waals surface area contributed by atoms with Gasteiger partial charge in [0.15, 0.2) is 11.5 Å². The van der Waals surface area contributed by atoms with Crippen LogP contribution in [0, 0.1) is 0 Å². The van der Waals surface area contributed by atoms with E-state index < -0.39 is 0 Å². The van der Waals surface area contributed by atoms with Crippen LogP contribution in [-0.2, 0) is 0 Å². The first-order chi connectivity index (χ1) is 9.13. The number of carbonyl (C=O) groups is 1. The molecule has 1 fully saturated rings. The molecule has 4 nitrogen and oxygen atoms in total. The highest BCUT2D eigenvalue weighted by atomic mass is 79.9. The van der Waals surface area contributed by atoms with Gasteiger partial charge in [0.2, 0.25) is 0 Å². The Hall–Kier alpha value is -1.23. The number of likely N-dealkylation sites (tertiary alicyclic amines) is 1. The van der Waals surface area contributed by atoms with Gasteiger partial charge >= 0.3 is 0 Å². The molecule has 5 heteroatoms. The van der Waals surface area contributed by atoms with Crippen molar-refractivity contribution >= 4 is 21.8 Å². The molecule has 1 aliphatic rings. The number of rotatable bonds is 3. The maximum absolute atomic E-state index is 12.5. The SMILES string of the molecule is O=C(c1ccc(O)c(O)c1)N1CCCCC1CCBr. The lowest BCUT2D eigenvalue weighted by Crippen LogP contribution is -2.43. The molecule has 2 rings (SSSR count). The van der Waals surface area contributed by atoms with Crippen molar-refractivity contribution < 1.29 is 15.0 Å². The zero-order valence-corrected chi connectivity index (χ0v) is 12.3. The molecule has 0 saturated carbocycles. The molecule has 19 heavy (non-hydrogen) atoms. The quantitative estimate of drug-likeness (QED) is 0.662. The summed E-state index contributed by atoms with van der Waals surface area (Å²) in [5.41, 5.74) is 0.428. The summed E-state index contributed by atoms with van der Waals surface area (Å²) in [4.78, 5) is 14.4. The Morgan fingerprint density at radius 2 is 2.11 bits per heavy atom. The molecular weight excluding hydrogens is 310 g/mol. The predicted octanol–water partition coefficient (Wildman–Crippen LogP) is 2.88. The van der Waals surface area contributed by atoms with Crippen molar-refractivity contribution in [1.29, 1.82) is 0 Å². The smallest absolute Gasteiger partial charge is 0.254 e. The van der Waals surface area contributed by atoms with Crippen molar-refractivity contribution in [2.24, 2.45) is 0 Å². The van der Waals surface area contributed by atoms with Gasteiger partial charge in [0.25, 0.3) is 5.91 Å². The van der Waals surface area contributed by atoms with Gasteiger partial charge in [-0.15, -0.1) is 0 Å². The third kappa shape index (κ3) is 3.21. The summed E-state index contributed by atoms with van der Waals surface area (Å²) in [5, 5.41) is 19.7. The van der Waals surface area contributed by atoms with Gasteiger partial charge < -0.3 is 15.1 Å². The molecule has 0 aromatic heterocycles. The van der Waals surface area contributed by atoms with Gasteiger partial charge in [-0.25, -0.2) is 0 Å². The Morgan fingerprint density at radius 3 is 2.79 bits per heavy atom. The van der Waals surface area contributed by atoms with E-state index in [-0.39, 0.29) is 23.4 Å². The zero-order chi connectivity index (χ0) is 13.8. The summed E-state index contributed by atoms with van der Waals surface area (Å²) in [6.07, 6.45) is 4.15. The minimum atomic E-state index is -0.250. The van der Waals surface area contributed by atoms with Gasteiger partial charge in [0.1, 0.15) is 0 Å². The first-order valence-corrected chi connectivity index (χ1v) is 7.64. The third-order valence-electron chi connectivity index (χ3n) is 3.55. The van der Waals surface area contributed by atoms with Crippen LogP contribution in [0.25, 0.3) is 0 Å². The summed E-state index contributed by atoms with van der Waals surface area (Å²) >= 11 is 3.43. The number of halogens is 1. The zero-order valence-electron chi connectivity index (χ0n) is 10.7. The van der Waals surface area contributed by atoms with Gasteiger partial charge in [0, 0.05) is 23.5 Å². The molecule has 0 bridgehead atoms. The number of aromatic hydroxyl groups is 2. The van der Waals surface area contributed by atoms with Crippen LogP contribution in [0.15, 0.2) is 18.2 Å². The monoisotopic (exact) mass is 327 g/mol. The second kappa shape index (κ2) is 6.28. The van der Waals surface area contributed by atoms with Crippen molar-refractivity contribution in [3.63, 3.8) is 0 Å². The largest absolute Gasteiger partial charge is 0.504 e. The fraction of sp³-hybridized carbons (Fsp3) is 0.500. The van der Waals surface area contributed by atoms with E-state index in [0.29, 0.717) is 5.56 Å². The first-order valence-electron chi connectivity index (χ1n) is 6.52. The third-order valence-corrected chi connectivity index (χ3v) is 4.01. The Kier molecular flexibility index (Phi) is 4.69. The van der Waals surface area contributed by atoms with Gasteiger partial charge in [-0.3, -0.25) is 4.79 Å². The molecule has 104 valence electrons. The van der Waals surface area contributed by atoms with E-state index in [1.165, 1.54) is 12.1 Å². The Balaban J connectivity index is 2.18. The number of benzene rings is 1. The molecule has 0 spiro atoms. The van der Waals surface area contributed by atoms with Crippen molar-refractivity contribution in [2.45, 2.75) is 31.7 Å². The van der Waals surface area contributed by atoms with E-state index in [1.54, 1.807) is 6.07 Å². The Morgan fingerprint density at radius 1 is 1.32 bits per heavy atom. The van der Waals surface area contributed by atoms with Gasteiger partial charge in [-0.05, 0) is 43.9 Å². The van der Waals surface area contributed by atoms with E-state index in [0.717, 1.165) is 37.6 Å². The van der Waals surface area contributed by atoms with Crippen molar-refractivity contribution in [2.75, 3.05) is 11.9 Å². The minimum absolute atomic E-state index is 0.0686. The Labute approximate surface area is 121 Å². The van der Waals surface area contributed by atoms with E-state index in [1.807, 2.05) is 4.90 Å². The molecule has 1 heterocycles. The fourth-order valence-corrected chi connectivity index (χ4v) is 3.04. The van der Waals surface area contributed by atoms with E-state index in [4.69, 9.17) is 0 Å². The van der Waals surface area contributed by atoms with Crippen LogP contribution in [0.4, 0.5) is 0 Å². The molecule has 1 atom stereocenters. The highest BCUT2D eigenvalue weighted by Crippen LogP contribution is 2.28. The normalized spacial score (nSPS) is 19.4. The van der Waals surface area contributed by atoms with Gasteiger partial charge in [-0.1, -0.05) is 15.9 Å². The summed E-state index contributed by atoms with van der Waals surface area (Å²) < 4.78 is 0.